The molecule has 1 atom stereocenters. The molecule has 5 heteroatoms. The number of unbranched alkanes of at least 4 members (excludes halogenated alkanes) is 2. The van der Waals surface area contributed by atoms with E-state index in [-0.39, 0.29) is 0 Å². The predicted molar refractivity (Wildman–Crippen MR) is 96.6 cm³/mol. The van der Waals surface area contributed by atoms with Gasteiger partial charge in [-0.15, -0.1) is 23.5 Å². The quantitative estimate of drug-likeness (QED) is 0.485. The zero-order chi connectivity index (χ0) is 16.2. The Hall–Kier alpha value is -0.960. The fourth-order valence-corrected chi connectivity index (χ4v) is 4.42. The predicted octanol–water partition coefficient (Wildman–Crippen LogP) is 4.92. The molecule has 1 N–H and O–H groups in total. The molecule has 0 aliphatic rings. The zero-order valence-electron chi connectivity index (χ0n) is 13.3. The van der Waals surface area contributed by atoms with Gasteiger partial charge in [-0.05, 0) is 36.5 Å². The first-order valence-corrected chi connectivity index (χ1v) is 9.70. The summed E-state index contributed by atoms with van der Waals surface area (Å²) in [5.74, 6) is 1.95. The first kappa shape index (κ1) is 19.1. The molecule has 0 aliphatic heterocycles. The molecule has 1 unspecified atom stereocenters. The van der Waals surface area contributed by atoms with Crippen LogP contribution in [0.15, 0.2) is 34.2 Å². The average Bonchev–Trinajstić information content (AvgIpc) is 2.56. The normalized spacial score (nSPS) is 11.7. The molecule has 0 aliphatic carbocycles. The lowest BCUT2D eigenvalue weighted by Crippen LogP contribution is -2.04. The molecule has 0 bridgehead atoms. The molecular weight excluding hydrogens is 312 g/mol. The first-order chi connectivity index (χ1) is 10.7. The Morgan fingerprint density at radius 3 is 2.32 bits per heavy atom. The van der Waals surface area contributed by atoms with Crippen LogP contribution in [-0.4, -0.2) is 21.6 Å². The maximum Gasteiger partial charge on any atom is 0.132 e. The summed E-state index contributed by atoms with van der Waals surface area (Å²) in [6.45, 7) is 4.31. The lowest BCUT2D eigenvalue weighted by Gasteiger charge is -2.14. The van der Waals surface area contributed by atoms with E-state index in [4.69, 9.17) is 0 Å². The number of hydrogen-bond donors (Lipinski definition) is 1. The highest BCUT2D eigenvalue weighted by Crippen LogP contribution is 2.37. The third-order valence-corrected chi connectivity index (χ3v) is 5.70. The summed E-state index contributed by atoms with van der Waals surface area (Å²) < 4.78 is 0.947. The third-order valence-electron chi connectivity index (χ3n) is 3.04. The van der Waals surface area contributed by atoms with Crippen LogP contribution in [-0.2, 0) is 0 Å². The fraction of sp³-hybridized carbons (Fsp3) is 0.529. The van der Waals surface area contributed by atoms with E-state index >= 15 is 0 Å². The molecule has 0 saturated heterocycles. The molecule has 0 saturated carbocycles. The van der Waals surface area contributed by atoms with Crippen molar-refractivity contribution in [2.75, 3.05) is 11.5 Å². The minimum Gasteiger partial charge on any atom is -0.381 e. The summed E-state index contributed by atoms with van der Waals surface area (Å²) in [5.41, 5.74) is 0.963. The van der Waals surface area contributed by atoms with E-state index in [1.165, 1.54) is 0 Å². The molecule has 22 heavy (non-hydrogen) atoms. The molecule has 1 rings (SSSR count). The van der Waals surface area contributed by atoms with Crippen molar-refractivity contribution in [3.8, 4) is 6.07 Å². The summed E-state index contributed by atoms with van der Waals surface area (Å²) in [7, 11) is 0. The Labute approximate surface area is 142 Å². The molecule has 1 heterocycles. The lowest BCUT2D eigenvalue weighted by atomic mass is 10.1. The van der Waals surface area contributed by atoms with Crippen LogP contribution in [0.2, 0.25) is 0 Å². The van der Waals surface area contributed by atoms with Gasteiger partial charge < -0.3 is 5.11 Å². The zero-order valence-corrected chi connectivity index (χ0v) is 14.9. The van der Waals surface area contributed by atoms with Gasteiger partial charge in [-0.2, -0.15) is 5.26 Å². The Balaban J connectivity index is 2.94. The number of rotatable bonds is 10. The molecule has 1 aromatic heterocycles. The topological polar surface area (TPSA) is 56.9 Å². The van der Waals surface area contributed by atoms with Crippen LogP contribution in [0.3, 0.4) is 0 Å². The van der Waals surface area contributed by atoms with Crippen molar-refractivity contribution in [3.05, 3.63) is 39.9 Å². The summed E-state index contributed by atoms with van der Waals surface area (Å²) in [5, 5.41) is 20.0. The van der Waals surface area contributed by atoms with Crippen LogP contribution < -0.4 is 0 Å². The van der Waals surface area contributed by atoms with E-state index in [1.54, 1.807) is 41.9 Å². The minimum atomic E-state index is -0.940. The van der Waals surface area contributed by atoms with E-state index in [0.29, 0.717) is 11.3 Å². The second-order valence-corrected chi connectivity index (χ2v) is 7.34. The average molecular weight is 337 g/mol. The summed E-state index contributed by atoms with van der Waals surface area (Å²) in [4.78, 5) is 4.17. The van der Waals surface area contributed by atoms with E-state index < -0.39 is 6.10 Å². The number of hydrogen-bond acceptors (Lipinski definition) is 5. The smallest absolute Gasteiger partial charge is 0.132 e. The molecular formula is C17H24N2OS2. The van der Waals surface area contributed by atoms with Crippen LogP contribution in [0.4, 0.5) is 0 Å². The molecule has 0 spiro atoms. The number of nitrogens with zero attached hydrogens (tertiary/aromatic N) is 2. The molecule has 1 aromatic rings. The van der Waals surface area contributed by atoms with Gasteiger partial charge >= 0.3 is 0 Å². The van der Waals surface area contributed by atoms with Crippen LogP contribution in [0.1, 0.15) is 51.3 Å². The van der Waals surface area contributed by atoms with Gasteiger partial charge in [-0.25, -0.2) is 0 Å². The molecule has 120 valence electrons. The largest absolute Gasteiger partial charge is 0.381 e. The number of aromatic nitrogens is 1. The molecule has 0 radical (unpaired) electrons. The monoisotopic (exact) mass is 336 g/mol. The molecule has 0 aromatic carbocycles. The Morgan fingerprint density at radius 1 is 1.23 bits per heavy atom. The van der Waals surface area contributed by atoms with Crippen LogP contribution in [0.25, 0.3) is 0 Å². The van der Waals surface area contributed by atoms with Gasteiger partial charge in [0.25, 0.3) is 0 Å². The highest BCUT2D eigenvalue weighted by atomic mass is 32.2. The van der Waals surface area contributed by atoms with Gasteiger partial charge in [0.15, 0.2) is 0 Å². The Kier molecular flexibility index (Phi) is 10.1. The number of thioether (sulfide) groups is 2. The van der Waals surface area contributed by atoms with Crippen LogP contribution in [0, 0.1) is 11.3 Å². The van der Waals surface area contributed by atoms with Gasteiger partial charge in [0.2, 0.25) is 0 Å². The van der Waals surface area contributed by atoms with Crippen molar-refractivity contribution in [3.63, 3.8) is 0 Å². The second kappa shape index (κ2) is 11.6. The second-order valence-electron chi connectivity index (χ2n) is 4.87. The van der Waals surface area contributed by atoms with Crippen molar-refractivity contribution < 1.29 is 5.11 Å². The van der Waals surface area contributed by atoms with Crippen LogP contribution >= 0.6 is 23.5 Å². The van der Waals surface area contributed by atoms with Crippen molar-refractivity contribution in [1.82, 2.24) is 4.98 Å². The number of nitriles is 1. The van der Waals surface area contributed by atoms with Crippen LogP contribution in [0.5, 0.6) is 0 Å². The molecule has 0 fully saturated rings. The highest BCUT2D eigenvalue weighted by molar-refractivity contribution is 8.22. The van der Waals surface area contributed by atoms with Gasteiger partial charge in [0, 0.05) is 6.20 Å². The van der Waals surface area contributed by atoms with E-state index in [0.717, 1.165) is 41.4 Å². The van der Waals surface area contributed by atoms with Crippen molar-refractivity contribution >= 4 is 23.5 Å². The summed E-state index contributed by atoms with van der Waals surface area (Å²) >= 11 is 3.37. The SMILES string of the molecule is CCCCSC(SCCCC)=C(C#N)C(O)c1ccccn1. The summed E-state index contributed by atoms with van der Waals surface area (Å²) in [6.07, 6.45) is 5.18. The van der Waals surface area contributed by atoms with E-state index in [9.17, 15) is 10.4 Å². The van der Waals surface area contributed by atoms with Crippen molar-refractivity contribution in [2.24, 2.45) is 0 Å². The lowest BCUT2D eigenvalue weighted by molar-refractivity contribution is 0.215. The standard InChI is InChI=1S/C17H24N2OS2/c1-3-5-11-21-17(22-12-6-4-2)14(13-18)16(20)15-9-7-8-10-19-15/h7-10,16,20H,3-6,11-12H2,1-2H3. The number of pyridine rings is 1. The van der Waals surface area contributed by atoms with Crippen molar-refractivity contribution in [2.45, 2.75) is 45.6 Å². The molecule has 3 nitrogen and oxygen atoms in total. The van der Waals surface area contributed by atoms with Gasteiger partial charge in [0.1, 0.15) is 6.10 Å². The first-order valence-electron chi connectivity index (χ1n) is 7.73. The maximum atomic E-state index is 10.5. The maximum absolute atomic E-state index is 10.5. The van der Waals surface area contributed by atoms with E-state index in [1.807, 2.05) is 6.07 Å². The summed E-state index contributed by atoms with van der Waals surface area (Å²) in [6, 6.07) is 7.59. The minimum absolute atomic E-state index is 0.431. The van der Waals surface area contributed by atoms with Gasteiger partial charge in [0.05, 0.1) is 21.6 Å². The Bertz CT molecular complexity index is 485. The number of aliphatic hydroxyl groups excluding tert-OH is 1. The third kappa shape index (κ3) is 6.43. The fourth-order valence-electron chi connectivity index (χ4n) is 1.72. The Morgan fingerprint density at radius 2 is 1.86 bits per heavy atom. The van der Waals surface area contributed by atoms with Gasteiger partial charge in [-0.3, -0.25) is 4.98 Å². The van der Waals surface area contributed by atoms with E-state index in [2.05, 4.69) is 24.9 Å². The highest BCUT2D eigenvalue weighted by Gasteiger charge is 2.19. The van der Waals surface area contributed by atoms with Crippen molar-refractivity contribution in [1.29, 1.82) is 5.26 Å². The number of aliphatic hydroxyl groups is 1. The van der Waals surface area contributed by atoms with Gasteiger partial charge in [-0.1, -0.05) is 32.8 Å². The molecule has 0 amide bonds.